The molecule has 0 aromatic heterocycles. The Labute approximate surface area is 84.6 Å². The average Bonchev–Trinajstić information content (AvgIpc) is 2.12. The summed E-state index contributed by atoms with van der Waals surface area (Å²) in [6, 6.07) is 0. The maximum atomic E-state index is 11.6. The van der Waals surface area contributed by atoms with E-state index in [0.29, 0.717) is 0 Å². The molecule has 0 aromatic carbocycles. The standard InChI is InChI=1S/C10H18O4/c1-9(2,3)10(4,7(11)13-5)8(12)14-6/h1-6H3. The molecule has 0 saturated carbocycles. The van der Waals surface area contributed by atoms with Gasteiger partial charge in [-0.3, -0.25) is 9.59 Å². The van der Waals surface area contributed by atoms with Gasteiger partial charge in [0.1, 0.15) is 0 Å². The van der Waals surface area contributed by atoms with Gasteiger partial charge in [-0.25, -0.2) is 0 Å². The lowest BCUT2D eigenvalue weighted by Gasteiger charge is -2.36. The van der Waals surface area contributed by atoms with E-state index in [-0.39, 0.29) is 0 Å². The zero-order valence-corrected chi connectivity index (χ0v) is 9.63. The van der Waals surface area contributed by atoms with Crippen LogP contribution in [0.5, 0.6) is 0 Å². The van der Waals surface area contributed by atoms with E-state index in [9.17, 15) is 9.59 Å². The van der Waals surface area contributed by atoms with Crippen LogP contribution < -0.4 is 0 Å². The van der Waals surface area contributed by atoms with E-state index in [4.69, 9.17) is 0 Å². The molecule has 0 unspecified atom stereocenters. The number of hydrogen-bond donors (Lipinski definition) is 0. The Balaban J connectivity index is 5.27. The molecule has 0 fully saturated rings. The zero-order valence-electron chi connectivity index (χ0n) is 9.63. The molecule has 0 radical (unpaired) electrons. The average molecular weight is 202 g/mol. The Hall–Kier alpha value is -1.06. The molecule has 0 rings (SSSR count). The highest BCUT2D eigenvalue weighted by Gasteiger charge is 2.52. The summed E-state index contributed by atoms with van der Waals surface area (Å²) < 4.78 is 9.25. The molecule has 0 atom stereocenters. The number of esters is 2. The Morgan fingerprint density at radius 1 is 0.857 bits per heavy atom. The van der Waals surface area contributed by atoms with Gasteiger partial charge in [0.05, 0.1) is 14.2 Å². The monoisotopic (exact) mass is 202 g/mol. The fourth-order valence-corrected chi connectivity index (χ4v) is 1.10. The van der Waals surface area contributed by atoms with E-state index in [1.807, 2.05) is 0 Å². The summed E-state index contributed by atoms with van der Waals surface area (Å²) in [5.41, 5.74) is -1.82. The molecule has 0 aliphatic heterocycles. The van der Waals surface area contributed by atoms with E-state index < -0.39 is 22.8 Å². The van der Waals surface area contributed by atoms with Crippen molar-refractivity contribution in [2.75, 3.05) is 14.2 Å². The van der Waals surface area contributed by atoms with Crippen LogP contribution in [0.2, 0.25) is 0 Å². The number of carbonyl (C=O) groups excluding carboxylic acids is 2. The molecular weight excluding hydrogens is 184 g/mol. The Morgan fingerprint density at radius 2 is 1.14 bits per heavy atom. The van der Waals surface area contributed by atoms with Gasteiger partial charge < -0.3 is 9.47 Å². The summed E-state index contributed by atoms with van der Waals surface area (Å²) in [6.07, 6.45) is 0. The predicted octanol–water partition coefficient (Wildman–Crippen LogP) is 1.38. The van der Waals surface area contributed by atoms with Gasteiger partial charge in [0.25, 0.3) is 0 Å². The second-order valence-corrected chi connectivity index (χ2v) is 4.36. The molecule has 0 saturated heterocycles. The van der Waals surface area contributed by atoms with Crippen molar-refractivity contribution in [1.29, 1.82) is 0 Å². The minimum Gasteiger partial charge on any atom is -0.468 e. The molecule has 0 bridgehead atoms. The van der Waals surface area contributed by atoms with Gasteiger partial charge in [-0.05, 0) is 12.3 Å². The molecule has 4 heteroatoms. The molecule has 0 aliphatic rings. The number of methoxy groups -OCH3 is 2. The maximum absolute atomic E-state index is 11.6. The van der Waals surface area contributed by atoms with Gasteiger partial charge in [-0.1, -0.05) is 20.8 Å². The van der Waals surface area contributed by atoms with E-state index in [1.54, 1.807) is 20.8 Å². The summed E-state index contributed by atoms with van der Waals surface area (Å²) in [7, 11) is 2.52. The third kappa shape index (κ3) is 1.89. The zero-order chi connectivity index (χ0) is 11.6. The first-order chi connectivity index (χ1) is 6.21. The van der Waals surface area contributed by atoms with Gasteiger partial charge in [-0.15, -0.1) is 0 Å². The summed E-state index contributed by atoms with van der Waals surface area (Å²) in [6.45, 7) is 6.91. The second-order valence-electron chi connectivity index (χ2n) is 4.36. The van der Waals surface area contributed by atoms with Crippen LogP contribution in [0, 0.1) is 10.8 Å². The van der Waals surface area contributed by atoms with Crippen LogP contribution in [0.3, 0.4) is 0 Å². The molecule has 0 spiro atoms. The lowest BCUT2D eigenvalue weighted by Crippen LogP contribution is -2.48. The minimum absolute atomic E-state index is 0.548. The third-order valence-electron chi connectivity index (χ3n) is 2.69. The maximum Gasteiger partial charge on any atom is 0.323 e. The van der Waals surface area contributed by atoms with Crippen LogP contribution in [0.4, 0.5) is 0 Å². The lowest BCUT2D eigenvalue weighted by molar-refractivity contribution is -0.176. The van der Waals surface area contributed by atoms with E-state index in [1.165, 1.54) is 21.1 Å². The molecular formula is C10H18O4. The summed E-state index contributed by atoms with van der Waals surface area (Å²) in [5, 5.41) is 0. The number of carbonyl (C=O) groups is 2. The largest absolute Gasteiger partial charge is 0.468 e. The molecule has 0 aromatic rings. The lowest BCUT2D eigenvalue weighted by atomic mass is 9.68. The Morgan fingerprint density at radius 3 is 1.29 bits per heavy atom. The first-order valence-corrected chi connectivity index (χ1v) is 4.38. The number of ether oxygens (including phenoxy) is 2. The van der Waals surface area contributed by atoms with Crippen molar-refractivity contribution in [3.8, 4) is 0 Å². The van der Waals surface area contributed by atoms with Crippen LogP contribution >= 0.6 is 0 Å². The molecule has 14 heavy (non-hydrogen) atoms. The van der Waals surface area contributed by atoms with Crippen molar-refractivity contribution in [1.82, 2.24) is 0 Å². The smallest absolute Gasteiger partial charge is 0.323 e. The second kappa shape index (κ2) is 3.98. The third-order valence-corrected chi connectivity index (χ3v) is 2.69. The minimum atomic E-state index is -1.27. The van der Waals surface area contributed by atoms with Crippen molar-refractivity contribution in [2.24, 2.45) is 10.8 Å². The summed E-state index contributed by atoms with van der Waals surface area (Å²) >= 11 is 0. The Kier molecular flexibility index (Phi) is 3.68. The van der Waals surface area contributed by atoms with Crippen molar-refractivity contribution >= 4 is 11.9 Å². The van der Waals surface area contributed by atoms with Crippen molar-refractivity contribution < 1.29 is 19.1 Å². The first kappa shape index (κ1) is 12.9. The number of rotatable bonds is 2. The molecule has 4 nitrogen and oxygen atoms in total. The summed E-state index contributed by atoms with van der Waals surface area (Å²) in [5.74, 6) is -1.14. The molecule has 0 aliphatic carbocycles. The van der Waals surface area contributed by atoms with Gasteiger partial charge >= 0.3 is 11.9 Å². The van der Waals surface area contributed by atoms with Crippen LogP contribution in [-0.4, -0.2) is 26.2 Å². The SMILES string of the molecule is COC(=O)C(C)(C(=O)OC)C(C)(C)C. The van der Waals surface area contributed by atoms with Crippen molar-refractivity contribution in [3.05, 3.63) is 0 Å². The van der Waals surface area contributed by atoms with Crippen molar-refractivity contribution in [3.63, 3.8) is 0 Å². The quantitative estimate of drug-likeness (QED) is 0.501. The fraction of sp³-hybridized carbons (Fsp3) is 0.800. The molecule has 0 N–H and O–H groups in total. The van der Waals surface area contributed by atoms with Crippen LogP contribution in [0.1, 0.15) is 27.7 Å². The highest BCUT2D eigenvalue weighted by molar-refractivity contribution is 6.00. The highest BCUT2D eigenvalue weighted by atomic mass is 16.5. The van der Waals surface area contributed by atoms with Gasteiger partial charge in [0.2, 0.25) is 0 Å². The van der Waals surface area contributed by atoms with Gasteiger partial charge in [-0.2, -0.15) is 0 Å². The van der Waals surface area contributed by atoms with E-state index in [0.717, 1.165) is 0 Å². The van der Waals surface area contributed by atoms with Crippen LogP contribution in [0.25, 0.3) is 0 Å². The van der Waals surface area contributed by atoms with E-state index in [2.05, 4.69) is 9.47 Å². The van der Waals surface area contributed by atoms with Crippen LogP contribution in [-0.2, 0) is 19.1 Å². The first-order valence-electron chi connectivity index (χ1n) is 4.38. The van der Waals surface area contributed by atoms with Gasteiger partial charge in [0.15, 0.2) is 5.41 Å². The normalized spacial score (nSPS) is 12.1. The highest BCUT2D eigenvalue weighted by Crippen LogP contribution is 2.40. The number of hydrogen-bond acceptors (Lipinski definition) is 4. The fourth-order valence-electron chi connectivity index (χ4n) is 1.10. The van der Waals surface area contributed by atoms with Crippen molar-refractivity contribution in [2.45, 2.75) is 27.7 Å². The topological polar surface area (TPSA) is 52.6 Å². The van der Waals surface area contributed by atoms with Crippen LogP contribution in [0.15, 0.2) is 0 Å². The Bertz CT molecular complexity index is 221. The van der Waals surface area contributed by atoms with E-state index >= 15 is 0 Å². The van der Waals surface area contributed by atoms with Gasteiger partial charge in [0, 0.05) is 0 Å². The molecule has 0 amide bonds. The predicted molar refractivity (Wildman–Crippen MR) is 51.6 cm³/mol. The molecule has 0 heterocycles. The summed E-state index contributed by atoms with van der Waals surface area (Å²) in [4.78, 5) is 23.1. The molecule has 82 valence electrons.